The van der Waals surface area contributed by atoms with Crippen molar-refractivity contribution in [3.63, 3.8) is 0 Å². The average Bonchev–Trinajstić information content (AvgIpc) is 2.87. The van der Waals surface area contributed by atoms with Gasteiger partial charge in [-0.05, 0) is 55.8 Å². The maximum atomic E-state index is 13.8. The van der Waals surface area contributed by atoms with Crippen LogP contribution in [0.25, 0.3) is 10.9 Å². The van der Waals surface area contributed by atoms with Gasteiger partial charge in [0.2, 0.25) is 5.91 Å². The number of phenolic OH excluding ortho intramolecular Hbond substituents is 1. The number of nitrogens with zero attached hydrogens (tertiary/aromatic N) is 1. The Labute approximate surface area is 153 Å². The number of halogens is 2. The van der Waals surface area contributed by atoms with E-state index < -0.39 is 23.5 Å². The number of rotatable bonds is 3. The maximum Gasteiger partial charge on any atom is 0.262 e. The first-order chi connectivity index (χ1) is 12.2. The van der Waals surface area contributed by atoms with E-state index in [1.54, 1.807) is 19.9 Å². The van der Waals surface area contributed by atoms with Gasteiger partial charge in [-0.2, -0.15) is 0 Å². The summed E-state index contributed by atoms with van der Waals surface area (Å²) < 4.78 is 15.2. The molecular weight excluding hydrogens is 359 g/mol. The third-order valence-corrected chi connectivity index (χ3v) is 4.77. The average molecular weight is 375 g/mol. The monoisotopic (exact) mass is 374 g/mol. The predicted octanol–water partition coefficient (Wildman–Crippen LogP) is 3.73. The first-order valence-corrected chi connectivity index (χ1v) is 8.23. The van der Waals surface area contributed by atoms with Gasteiger partial charge in [-0.25, -0.2) is 4.39 Å². The van der Waals surface area contributed by atoms with Gasteiger partial charge in [0.1, 0.15) is 11.6 Å². The summed E-state index contributed by atoms with van der Waals surface area (Å²) in [7, 11) is 0. The Morgan fingerprint density at radius 1 is 1.23 bits per heavy atom. The molecule has 1 heterocycles. The fourth-order valence-corrected chi connectivity index (χ4v) is 3.26. The SMILES string of the molecule is Cc1c(C(C)C(N)=O)c2cc(O)ccc2n1C(=O)c1ccc(Cl)c(F)c1. The van der Waals surface area contributed by atoms with Crippen molar-refractivity contribution in [2.75, 3.05) is 0 Å². The van der Waals surface area contributed by atoms with Gasteiger partial charge < -0.3 is 10.8 Å². The molecule has 0 bridgehead atoms. The van der Waals surface area contributed by atoms with Crippen LogP contribution in [0, 0.1) is 12.7 Å². The molecule has 3 rings (SSSR count). The number of hydrogen-bond donors (Lipinski definition) is 2. The van der Waals surface area contributed by atoms with Gasteiger partial charge in [0.05, 0.1) is 16.5 Å². The van der Waals surface area contributed by atoms with Gasteiger partial charge in [0.15, 0.2) is 0 Å². The van der Waals surface area contributed by atoms with Crippen LogP contribution in [0.1, 0.15) is 34.5 Å². The number of amides is 1. The number of hydrogen-bond acceptors (Lipinski definition) is 3. The summed E-state index contributed by atoms with van der Waals surface area (Å²) in [6, 6.07) is 8.28. The van der Waals surface area contributed by atoms with Crippen LogP contribution >= 0.6 is 11.6 Å². The lowest BCUT2D eigenvalue weighted by Crippen LogP contribution is -2.20. The molecular formula is C19H16ClFN2O3. The Bertz CT molecular complexity index is 1060. The fraction of sp³-hybridized carbons (Fsp3) is 0.158. The van der Waals surface area contributed by atoms with Crippen molar-refractivity contribution in [1.82, 2.24) is 4.57 Å². The minimum absolute atomic E-state index is 0.00226. The van der Waals surface area contributed by atoms with Crippen LogP contribution in [0.3, 0.4) is 0 Å². The predicted molar refractivity (Wildman–Crippen MR) is 97.1 cm³/mol. The van der Waals surface area contributed by atoms with Gasteiger partial charge in [-0.15, -0.1) is 0 Å². The van der Waals surface area contributed by atoms with E-state index in [2.05, 4.69) is 0 Å². The topological polar surface area (TPSA) is 85.3 Å². The number of phenols is 1. The van der Waals surface area contributed by atoms with Crippen molar-refractivity contribution in [2.24, 2.45) is 5.73 Å². The van der Waals surface area contributed by atoms with E-state index in [0.29, 0.717) is 22.2 Å². The maximum absolute atomic E-state index is 13.8. The van der Waals surface area contributed by atoms with Crippen molar-refractivity contribution in [3.05, 3.63) is 64.1 Å². The molecule has 0 aliphatic carbocycles. The Balaban J connectivity index is 2.29. The molecule has 0 fully saturated rings. The number of aromatic hydroxyl groups is 1. The molecule has 7 heteroatoms. The van der Waals surface area contributed by atoms with Gasteiger partial charge in [-0.3, -0.25) is 14.2 Å². The van der Waals surface area contributed by atoms with E-state index in [1.807, 2.05) is 0 Å². The van der Waals surface area contributed by atoms with Crippen LogP contribution < -0.4 is 5.73 Å². The van der Waals surface area contributed by atoms with Crippen LogP contribution in [0.5, 0.6) is 5.75 Å². The standard InChI is InChI=1S/C19H16ClFN2O3/c1-9(18(22)25)17-10(2)23(16-6-4-12(24)8-13(16)17)19(26)11-3-5-14(20)15(21)7-11/h3-9,24H,1-2H3,(H2,22,25). The summed E-state index contributed by atoms with van der Waals surface area (Å²) in [5.41, 5.74) is 7.08. The van der Waals surface area contributed by atoms with Gasteiger partial charge >= 0.3 is 0 Å². The zero-order valence-electron chi connectivity index (χ0n) is 14.1. The van der Waals surface area contributed by atoms with E-state index in [0.717, 1.165) is 6.07 Å². The molecule has 1 atom stereocenters. The highest BCUT2D eigenvalue weighted by Crippen LogP contribution is 2.34. The van der Waals surface area contributed by atoms with Gasteiger partial charge in [-0.1, -0.05) is 11.6 Å². The minimum atomic E-state index is -0.699. The lowest BCUT2D eigenvalue weighted by molar-refractivity contribution is -0.119. The molecule has 0 radical (unpaired) electrons. The van der Waals surface area contributed by atoms with Crippen molar-refractivity contribution in [3.8, 4) is 5.75 Å². The first kappa shape index (κ1) is 17.9. The fourth-order valence-electron chi connectivity index (χ4n) is 3.14. The second kappa shape index (κ2) is 6.46. The highest BCUT2D eigenvalue weighted by Gasteiger charge is 2.26. The zero-order chi connectivity index (χ0) is 19.2. The Kier molecular flexibility index (Phi) is 4.46. The van der Waals surface area contributed by atoms with Crippen LogP contribution in [0.2, 0.25) is 5.02 Å². The third-order valence-electron chi connectivity index (χ3n) is 4.47. The molecule has 134 valence electrons. The molecule has 0 aliphatic heterocycles. The molecule has 2 aromatic carbocycles. The summed E-state index contributed by atoms with van der Waals surface area (Å²) in [6.45, 7) is 3.31. The second-order valence-corrected chi connectivity index (χ2v) is 6.50. The van der Waals surface area contributed by atoms with Crippen molar-refractivity contribution >= 4 is 34.3 Å². The first-order valence-electron chi connectivity index (χ1n) is 7.85. The van der Waals surface area contributed by atoms with Crippen LogP contribution in [0.4, 0.5) is 4.39 Å². The molecule has 0 aliphatic rings. The normalized spacial score (nSPS) is 12.3. The number of carbonyl (C=O) groups excluding carboxylic acids is 2. The van der Waals surface area contributed by atoms with Crippen LogP contribution in [0.15, 0.2) is 36.4 Å². The summed E-state index contributed by atoms with van der Waals surface area (Å²) in [5.74, 6) is -2.40. The van der Waals surface area contributed by atoms with Crippen LogP contribution in [-0.2, 0) is 4.79 Å². The summed E-state index contributed by atoms with van der Waals surface area (Å²) in [5, 5.41) is 10.3. The summed E-state index contributed by atoms with van der Waals surface area (Å²) in [4.78, 5) is 24.7. The van der Waals surface area contributed by atoms with E-state index in [9.17, 15) is 19.1 Å². The van der Waals surface area contributed by atoms with E-state index in [1.165, 1.54) is 28.8 Å². The molecule has 3 N–H and O–H groups in total. The minimum Gasteiger partial charge on any atom is -0.508 e. The largest absolute Gasteiger partial charge is 0.508 e. The van der Waals surface area contributed by atoms with Gasteiger partial charge in [0.25, 0.3) is 5.91 Å². The smallest absolute Gasteiger partial charge is 0.262 e. The Hall–Kier alpha value is -2.86. The molecule has 3 aromatic rings. The molecule has 1 aromatic heterocycles. The number of aromatic nitrogens is 1. The highest BCUT2D eigenvalue weighted by molar-refractivity contribution is 6.30. The van der Waals surface area contributed by atoms with Gasteiger partial charge in [0, 0.05) is 16.6 Å². The third kappa shape index (κ3) is 2.82. The lowest BCUT2D eigenvalue weighted by Gasteiger charge is -2.10. The molecule has 5 nitrogen and oxygen atoms in total. The number of fused-ring (bicyclic) bond motifs is 1. The zero-order valence-corrected chi connectivity index (χ0v) is 14.8. The lowest BCUT2D eigenvalue weighted by atomic mass is 9.97. The molecule has 0 saturated carbocycles. The molecule has 0 spiro atoms. The van der Waals surface area contributed by atoms with Crippen LogP contribution in [-0.4, -0.2) is 21.5 Å². The molecule has 1 unspecified atom stereocenters. The van der Waals surface area contributed by atoms with Crippen molar-refractivity contribution < 1.29 is 19.1 Å². The molecule has 26 heavy (non-hydrogen) atoms. The van der Waals surface area contributed by atoms with Crippen molar-refractivity contribution in [2.45, 2.75) is 19.8 Å². The number of primary amides is 1. The molecule has 1 amide bonds. The number of nitrogens with two attached hydrogens (primary N) is 1. The quantitative estimate of drug-likeness (QED) is 0.732. The van der Waals surface area contributed by atoms with E-state index >= 15 is 0 Å². The molecule has 0 saturated heterocycles. The highest BCUT2D eigenvalue weighted by atomic mass is 35.5. The Morgan fingerprint density at radius 3 is 2.54 bits per heavy atom. The summed E-state index contributed by atoms with van der Waals surface area (Å²) >= 11 is 5.68. The summed E-state index contributed by atoms with van der Waals surface area (Å²) in [6.07, 6.45) is 0. The van der Waals surface area contributed by atoms with E-state index in [-0.39, 0.29) is 16.3 Å². The van der Waals surface area contributed by atoms with E-state index in [4.69, 9.17) is 17.3 Å². The number of benzene rings is 2. The number of carbonyl (C=O) groups is 2. The second-order valence-electron chi connectivity index (χ2n) is 6.09. The Morgan fingerprint density at radius 2 is 1.92 bits per heavy atom. The van der Waals surface area contributed by atoms with Crippen molar-refractivity contribution in [1.29, 1.82) is 0 Å².